The summed E-state index contributed by atoms with van der Waals surface area (Å²) in [5.41, 5.74) is 1.40. The minimum Gasteiger partial charge on any atom is -0.349 e. The number of aromatic nitrogens is 1. The van der Waals surface area contributed by atoms with Crippen molar-refractivity contribution < 1.29 is 9.59 Å². The monoisotopic (exact) mass is 382 g/mol. The summed E-state index contributed by atoms with van der Waals surface area (Å²) in [5.74, 6) is 0.342. The number of hydrogen-bond acceptors (Lipinski definition) is 5. The molecule has 1 saturated carbocycles. The molecule has 0 bridgehead atoms. The van der Waals surface area contributed by atoms with Crippen molar-refractivity contribution in [3.63, 3.8) is 0 Å². The first kappa shape index (κ1) is 17.2. The quantitative estimate of drug-likeness (QED) is 0.505. The Bertz CT molecular complexity index is 992. The number of Topliss-reactive ketones (excluding diaryl/α,β-unsaturated/α-hetero) is 1. The van der Waals surface area contributed by atoms with Gasteiger partial charge in [-0.3, -0.25) is 9.59 Å². The average molecular weight is 383 g/mol. The van der Waals surface area contributed by atoms with Crippen LogP contribution in [0.15, 0.2) is 47.5 Å². The van der Waals surface area contributed by atoms with Crippen molar-refractivity contribution in [2.45, 2.75) is 30.8 Å². The van der Waals surface area contributed by atoms with E-state index >= 15 is 0 Å². The zero-order valence-electron chi connectivity index (χ0n) is 14.3. The number of amides is 1. The molecule has 6 heteroatoms. The van der Waals surface area contributed by atoms with Crippen LogP contribution in [-0.2, 0) is 0 Å². The van der Waals surface area contributed by atoms with Gasteiger partial charge in [-0.15, -0.1) is 11.3 Å². The predicted octanol–water partition coefficient (Wildman–Crippen LogP) is 4.47. The molecular formula is C20H18N2O2S2. The third kappa shape index (κ3) is 3.81. The van der Waals surface area contributed by atoms with Gasteiger partial charge < -0.3 is 5.32 Å². The molecule has 0 unspecified atom stereocenters. The van der Waals surface area contributed by atoms with Crippen molar-refractivity contribution >= 4 is 45.7 Å². The van der Waals surface area contributed by atoms with Gasteiger partial charge in [-0.05, 0) is 44.0 Å². The Morgan fingerprint density at radius 1 is 1.23 bits per heavy atom. The topological polar surface area (TPSA) is 59.1 Å². The standard InChI is InChI=1S/C20H18N2O2S2/c1-12-6-9-18(26-12)17(23)11-25-19-10-15(20(24)21-13-7-8-13)14-4-2-3-5-16(14)22-19/h2-6,9-10,13H,7-8,11H2,1H3,(H,21,24). The number of nitrogens with one attached hydrogen (secondary N) is 1. The van der Waals surface area contributed by atoms with Gasteiger partial charge in [0.2, 0.25) is 0 Å². The molecule has 4 nitrogen and oxygen atoms in total. The van der Waals surface area contributed by atoms with E-state index < -0.39 is 0 Å². The van der Waals surface area contributed by atoms with Crippen LogP contribution in [-0.4, -0.2) is 28.5 Å². The van der Waals surface area contributed by atoms with E-state index in [1.807, 2.05) is 43.3 Å². The Labute approximate surface area is 160 Å². The van der Waals surface area contributed by atoms with Crippen LogP contribution in [0, 0.1) is 6.92 Å². The number of nitrogens with zero attached hydrogens (tertiary/aromatic N) is 1. The molecule has 1 fully saturated rings. The Morgan fingerprint density at radius 3 is 2.77 bits per heavy atom. The summed E-state index contributed by atoms with van der Waals surface area (Å²) in [7, 11) is 0. The van der Waals surface area contributed by atoms with Crippen molar-refractivity contribution in [2.75, 3.05) is 5.75 Å². The Morgan fingerprint density at radius 2 is 2.04 bits per heavy atom. The lowest BCUT2D eigenvalue weighted by atomic mass is 10.1. The first-order valence-corrected chi connectivity index (χ1v) is 10.3. The van der Waals surface area contributed by atoms with E-state index in [0.29, 0.717) is 22.4 Å². The molecule has 0 saturated heterocycles. The number of thiophene rings is 1. The van der Waals surface area contributed by atoms with Gasteiger partial charge in [0.15, 0.2) is 5.78 Å². The number of hydrogen-bond donors (Lipinski definition) is 1. The third-order valence-electron chi connectivity index (χ3n) is 4.22. The molecule has 0 radical (unpaired) electrons. The van der Waals surface area contributed by atoms with Crippen molar-refractivity contribution in [3.8, 4) is 0 Å². The van der Waals surface area contributed by atoms with Crippen LogP contribution < -0.4 is 5.32 Å². The molecule has 26 heavy (non-hydrogen) atoms. The summed E-state index contributed by atoms with van der Waals surface area (Å²) < 4.78 is 0. The largest absolute Gasteiger partial charge is 0.349 e. The van der Waals surface area contributed by atoms with Gasteiger partial charge in [0, 0.05) is 16.3 Å². The van der Waals surface area contributed by atoms with E-state index in [4.69, 9.17) is 0 Å². The van der Waals surface area contributed by atoms with E-state index in [2.05, 4.69) is 10.3 Å². The zero-order chi connectivity index (χ0) is 18.1. The Balaban J connectivity index is 1.58. The molecule has 1 N–H and O–H groups in total. The van der Waals surface area contributed by atoms with Crippen LogP contribution in [0.5, 0.6) is 0 Å². The number of carbonyl (C=O) groups is 2. The first-order chi connectivity index (χ1) is 12.6. The molecule has 1 amide bonds. The van der Waals surface area contributed by atoms with Gasteiger partial charge in [0.1, 0.15) is 0 Å². The number of carbonyl (C=O) groups excluding carboxylic acids is 2. The summed E-state index contributed by atoms with van der Waals surface area (Å²) >= 11 is 2.89. The Kier molecular flexibility index (Phi) is 4.78. The maximum absolute atomic E-state index is 12.6. The second-order valence-electron chi connectivity index (χ2n) is 6.40. The molecule has 1 aliphatic carbocycles. The number of ketones is 1. The number of rotatable bonds is 6. The smallest absolute Gasteiger partial charge is 0.252 e. The molecule has 1 aliphatic rings. The molecular weight excluding hydrogens is 364 g/mol. The molecule has 2 aromatic heterocycles. The molecule has 1 aromatic carbocycles. The van der Waals surface area contributed by atoms with Crippen LogP contribution in [0.1, 0.15) is 37.7 Å². The fourth-order valence-corrected chi connectivity index (χ4v) is 4.39. The van der Waals surface area contributed by atoms with Crippen LogP contribution in [0.2, 0.25) is 0 Å². The van der Waals surface area contributed by atoms with E-state index in [1.165, 1.54) is 23.1 Å². The summed E-state index contributed by atoms with van der Waals surface area (Å²) in [6.07, 6.45) is 2.09. The highest BCUT2D eigenvalue weighted by Gasteiger charge is 2.25. The second kappa shape index (κ2) is 7.21. The van der Waals surface area contributed by atoms with Crippen molar-refractivity contribution in [1.82, 2.24) is 10.3 Å². The van der Waals surface area contributed by atoms with Crippen LogP contribution in [0.3, 0.4) is 0 Å². The summed E-state index contributed by atoms with van der Waals surface area (Å²) in [6, 6.07) is 13.6. The van der Waals surface area contributed by atoms with Gasteiger partial charge in [0.05, 0.1) is 26.7 Å². The average Bonchev–Trinajstić information content (AvgIpc) is 3.35. The molecule has 132 valence electrons. The Hall–Kier alpha value is -2.18. The van der Waals surface area contributed by atoms with Gasteiger partial charge in [-0.25, -0.2) is 4.98 Å². The highest BCUT2D eigenvalue weighted by molar-refractivity contribution is 8.00. The number of thioether (sulfide) groups is 1. The first-order valence-electron chi connectivity index (χ1n) is 8.53. The second-order valence-corrected chi connectivity index (χ2v) is 8.68. The number of benzene rings is 1. The van der Waals surface area contributed by atoms with E-state index in [-0.39, 0.29) is 11.7 Å². The molecule has 0 aliphatic heterocycles. The van der Waals surface area contributed by atoms with Crippen LogP contribution >= 0.6 is 23.1 Å². The maximum Gasteiger partial charge on any atom is 0.252 e. The lowest BCUT2D eigenvalue weighted by molar-refractivity contribution is 0.0951. The molecule has 4 rings (SSSR count). The fraction of sp³-hybridized carbons (Fsp3) is 0.250. The highest BCUT2D eigenvalue weighted by Crippen LogP contribution is 2.27. The molecule has 2 heterocycles. The van der Waals surface area contributed by atoms with Crippen molar-refractivity contribution in [1.29, 1.82) is 0 Å². The van der Waals surface area contributed by atoms with E-state index in [0.717, 1.165) is 33.5 Å². The van der Waals surface area contributed by atoms with Gasteiger partial charge in [-0.2, -0.15) is 0 Å². The van der Waals surface area contributed by atoms with E-state index in [1.54, 1.807) is 6.07 Å². The summed E-state index contributed by atoms with van der Waals surface area (Å²) in [4.78, 5) is 31.5. The predicted molar refractivity (Wildman–Crippen MR) is 106 cm³/mol. The van der Waals surface area contributed by atoms with Crippen LogP contribution in [0.4, 0.5) is 0 Å². The summed E-state index contributed by atoms with van der Waals surface area (Å²) in [5, 5.41) is 4.58. The highest BCUT2D eigenvalue weighted by atomic mass is 32.2. The van der Waals surface area contributed by atoms with Gasteiger partial charge in [0.25, 0.3) is 5.91 Å². The van der Waals surface area contributed by atoms with E-state index in [9.17, 15) is 9.59 Å². The third-order valence-corrected chi connectivity index (χ3v) is 6.17. The minimum atomic E-state index is -0.0619. The number of pyridine rings is 1. The normalized spacial score (nSPS) is 13.7. The maximum atomic E-state index is 12.6. The molecule has 3 aromatic rings. The van der Waals surface area contributed by atoms with Crippen LogP contribution in [0.25, 0.3) is 10.9 Å². The SMILES string of the molecule is Cc1ccc(C(=O)CSc2cc(C(=O)NC3CC3)c3ccccc3n2)s1. The fourth-order valence-electron chi connectivity index (χ4n) is 2.70. The van der Waals surface area contributed by atoms with Gasteiger partial charge >= 0.3 is 0 Å². The zero-order valence-corrected chi connectivity index (χ0v) is 16.0. The number of aryl methyl sites for hydroxylation is 1. The lowest BCUT2D eigenvalue weighted by Gasteiger charge is -2.09. The van der Waals surface area contributed by atoms with Gasteiger partial charge in [-0.1, -0.05) is 30.0 Å². The van der Waals surface area contributed by atoms with Crippen molar-refractivity contribution in [3.05, 3.63) is 57.8 Å². The lowest BCUT2D eigenvalue weighted by Crippen LogP contribution is -2.25. The molecule has 0 spiro atoms. The van der Waals surface area contributed by atoms with Crippen molar-refractivity contribution in [2.24, 2.45) is 0 Å². The number of para-hydroxylation sites is 1. The summed E-state index contributed by atoms with van der Waals surface area (Å²) in [6.45, 7) is 1.99. The number of fused-ring (bicyclic) bond motifs is 1. The minimum absolute atomic E-state index is 0.0619. The molecule has 0 atom stereocenters.